The number of ether oxygens (including phenoxy) is 2. The van der Waals surface area contributed by atoms with Crippen LogP contribution in [0.1, 0.15) is 23.9 Å². The maximum absolute atomic E-state index is 5.88. The van der Waals surface area contributed by atoms with Gasteiger partial charge in [-0.05, 0) is 50.1 Å². The Balaban J connectivity index is 1.50. The molecule has 7 heteroatoms. The monoisotopic (exact) mass is 407 g/mol. The number of rotatable bonds is 7. The van der Waals surface area contributed by atoms with Crippen molar-refractivity contribution in [1.29, 1.82) is 0 Å². The molecular weight excluding hydrogens is 378 g/mol. The fourth-order valence-corrected chi connectivity index (χ4v) is 3.55. The first-order valence-corrected chi connectivity index (χ1v) is 10.3. The van der Waals surface area contributed by atoms with E-state index in [-0.39, 0.29) is 0 Å². The molecule has 0 unspecified atom stereocenters. The van der Waals surface area contributed by atoms with E-state index in [1.54, 1.807) is 0 Å². The highest BCUT2D eigenvalue weighted by Crippen LogP contribution is 2.27. The van der Waals surface area contributed by atoms with Crippen LogP contribution in [-0.2, 0) is 4.74 Å². The van der Waals surface area contributed by atoms with Gasteiger partial charge in [-0.25, -0.2) is 0 Å². The van der Waals surface area contributed by atoms with Crippen LogP contribution in [0.3, 0.4) is 0 Å². The van der Waals surface area contributed by atoms with Crippen molar-refractivity contribution in [1.82, 2.24) is 19.9 Å². The van der Waals surface area contributed by atoms with Gasteiger partial charge in [-0.1, -0.05) is 6.58 Å². The lowest BCUT2D eigenvalue weighted by Crippen LogP contribution is -2.38. The van der Waals surface area contributed by atoms with Crippen molar-refractivity contribution in [2.24, 2.45) is 0 Å². The molecule has 0 saturated carbocycles. The first-order valence-electron chi connectivity index (χ1n) is 10.3. The molecule has 0 atom stereocenters. The van der Waals surface area contributed by atoms with E-state index < -0.39 is 0 Å². The van der Waals surface area contributed by atoms with E-state index in [0.717, 1.165) is 55.3 Å². The second-order valence-electron chi connectivity index (χ2n) is 7.76. The van der Waals surface area contributed by atoms with Gasteiger partial charge < -0.3 is 19.8 Å². The maximum atomic E-state index is 5.88. The van der Waals surface area contributed by atoms with Gasteiger partial charge in [0.15, 0.2) is 0 Å². The van der Waals surface area contributed by atoms with E-state index >= 15 is 0 Å². The third-order valence-corrected chi connectivity index (χ3v) is 5.47. The molecule has 30 heavy (non-hydrogen) atoms. The van der Waals surface area contributed by atoms with E-state index in [2.05, 4.69) is 57.7 Å². The largest absolute Gasteiger partial charge is 0.462 e. The minimum atomic E-state index is 0.362. The summed E-state index contributed by atoms with van der Waals surface area (Å²) in [6, 6.07) is 8.52. The molecule has 1 aromatic carbocycles. The zero-order valence-corrected chi connectivity index (χ0v) is 17.9. The second kappa shape index (κ2) is 8.85. The second-order valence-corrected chi connectivity index (χ2v) is 7.76. The number of aromatic amines is 1. The normalized spacial score (nSPS) is 14.8. The summed E-state index contributed by atoms with van der Waals surface area (Å²) in [5.74, 6) is 0.689. The van der Waals surface area contributed by atoms with Gasteiger partial charge >= 0.3 is 6.01 Å². The molecular formula is C23H29N5O2. The average Bonchev–Trinajstić information content (AvgIpc) is 3.02. The number of aromatic nitrogens is 3. The number of fused-ring (bicyclic) bond motifs is 1. The molecule has 1 aliphatic heterocycles. The van der Waals surface area contributed by atoms with E-state index in [1.807, 2.05) is 19.1 Å². The van der Waals surface area contributed by atoms with Crippen LogP contribution in [-0.4, -0.2) is 59.3 Å². The van der Waals surface area contributed by atoms with Crippen LogP contribution in [0.2, 0.25) is 0 Å². The Bertz CT molecular complexity index is 1050. The number of nitrogens with one attached hydrogen (secondary N) is 2. The van der Waals surface area contributed by atoms with Crippen LogP contribution in [0, 0.1) is 13.8 Å². The topological polar surface area (TPSA) is 75.3 Å². The predicted octanol–water partition coefficient (Wildman–Crippen LogP) is 4.06. The van der Waals surface area contributed by atoms with Gasteiger partial charge in [0.2, 0.25) is 0 Å². The molecule has 1 fully saturated rings. The summed E-state index contributed by atoms with van der Waals surface area (Å²) in [5, 5.41) is 4.60. The molecule has 0 aliphatic carbocycles. The number of allylic oxidation sites excluding steroid dienone is 1. The molecule has 3 aromatic rings. The Labute approximate surface area is 177 Å². The number of hydrogen-bond donors (Lipinski definition) is 2. The Kier molecular flexibility index (Phi) is 6.01. The number of anilines is 2. The third-order valence-electron chi connectivity index (χ3n) is 5.47. The van der Waals surface area contributed by atoms with Crippen LogP contribution in [0.5, 0.6) is 6.01 Å². The van der Waals surface area contributed by atoms with Crippen LogP contribution in [0.25, 0.3) is 16.5 Å². The fraction of sp³-hybridized carbons (Fsp3) is 0.391. The summed E-state index contributed by atoms with van der Waals surface area (Å²) in [7, 11) is 0. The third kappa shape index (κ3) is 4.63. The minimum absolute atomic E-state index is 0.362. The zero-order valence-electron chi connectivity index (χ0n) is 17.9. The SMILES string of the molecule is C=C(C)c1cc(Nc2ccc3[nH]c(C)c(C)c3c2)nc(OCCN2CCOCC2)n1. The summed E-state index contributed by atoms with van der Waals surface area (Å²) in [6.07, 6.45) is 0. The molecule has 0 spiro atoms. The summed E-state index contributed by atoms with van der Waals surface area (Å²) in [6.45, 7) is 15.0. The van der Waals surface area contributed by atoms with Gasteiger partial charge in [-0.15, -0.1) is 0 Å². The number of nitrogens with zero attached hydrogens (tertiary/aromatic N) is 3. The lowest BCUT2D eigenvalue weighted by Gasteiger charge is -2.26. The number of morpholine rings is 1. The molecule has 0 bridgehead atoms. The summed E-state index contributed by atoms with van der Waals surface area (Å²) in [4.78, 5) is 14.8. The molecule has 4 rings (SSSR count). The van der Waals surface area contributed by atoms with Gasteiger partial charge in [-0.3, -0.25) is 4.90 Å². The van der Waals surface area contributed by atoms with Crippen molar-refractivity contribution >= 4 is 28.0 Å². The molecule has 158 valence electrons. The Morgan fingerprint density at radius 1 is 1.23 bits per heavy atom. The van der Waals surface area contributed by atoms with E-state index in [9.17, 15) is 0 Å². The number of hydrogen-bond acceptors (Lipinski definition) is 6. The van der Waals surface area contributed by atoms with E-state index in [4.69, 9.17) is 9.47 Å². The first kappa shape index (κ1) is 20.4. The molecule has 0 amide bonds. The van der Waals surface area contributed by atoms with Crippen molar-refractivity contribution in [3.63, 3.8) is 0 Å². The molecule has 1 aliphatic rings. The fourth-order valence-electron chi connectivity index (χ4n) is 3.55. The maximum Gasteiger partial charge on any atom is 0.318 e. The van der Waals surface area contributed by atoms with Crippen molar-refractivity contribution in [3.8, 4) is 6.01 Å². The molecule has 1 saturated heterocycles. The smallest absolute Gasteiger partial charge is 0.318 e. The first-order chi connectivity index (χ1) is 14.5. The van der Waals surface area contributed by atoms with Gasteiger partial charge in [0.1, 0.15) is 12.4 Å². The molecule has 3 heterocycles. The lowest BCUT2D eigenvalue weighted by molar-refractivity contribution is 0.0317. The lowest BCUT2D eigenvalue weighted by atomic mass is 10.1. The van der Waals surface area contributed by atoms with E-state index in [0.29, 0.717) is 18.4 Å². The number of aryl methyl sites for hydroxylation is 2. The van der Waals surface area contributed by atoms with Crippen molar-refractivity contribution < 1.29 is 9.47 Å². The summed E-state index contributed by atoms with van der Waals surface area (Å²) < 4.78 is 11.3. The van der Waals surface area contributed by atoms with Crippen LogP contribution < -0.4 is 10.1 Å². The number of benzene rings is 1. The molecule has 7 nitrogen and oxygen atoms in total. The molecule has 2 N–H and O–H groups in total. The van der Waals surface area contributed by atoms with Gasteiger partial charge in [0.05, 0.1) is 18.9 Å². The van der Waals surface area contributed by atoms with Crippen LogP contribution >= 0.6 is 0 Å². The highest BCUT2D eigenvalue weighted by Gasteiger charge is 2.12. The Morgan fingerprint density at radius 3 is 2.80 bits per heavy atom. The highest BCUT2D eigenvalue weighted by molar-refractivity contribution is 5.88. The van der Waals surface area contributed by atoms with Gasteiger partial charge in [0.25, 0.3) is 0 Å². The van der Waals surface area contributed by atoms with Crippen LogP contribution in [0.4, 0.5) is 11.5 Å². The summed E-state index contributed by atoms with van der Waals surface area (Å²) in [5.41, 5.74) is 6.17. The van der Waals surface area contributed by atoms with Gasteiger partial charge in [-0.2, -0.15) is 9.97 Å². The van der Waals surface area contributed by atoms with Crippen molar-refractivity contribution in [3.05, 3.63) is 47.8 Å². The highest BCUT2D eigenvalue weighted by atomic mass is 16.5. The molecule has 0 radical (unpaired) electrons. The molecule has 2 aromatic heterocycles. The predicted molar refractivity (Wildman–Crippen MR) is 121 cm³/mol. The van der Waals surface area contributed by atoms with Gasteiger partial charge in [0, 0.05) is 48.0 Å². The van der Waals surface area contributed by atoms with E-state index in [1.165, 1.54) is 16.6 Å². The average molecular weight is 408 g/mol. The quantitative estimate of drug-likeness (QED) is 0.615. The zero-order chi connectivity index (χ0) is 21.1. The number of H-pyrrole nitrogens is 1. The van der Waals surface area contributed by atoms with Crippen molar-refractivity contribution in [2.45, 2.75) is 20.8 Å². The Hall–Kier alpha value is -2.90. The van der Waals surface area contributed by atoms with Crippen LogP contribution in [0.15, 0.2) is 30.8 Å². The Morgan fingerprint density at radius 2 is 2.03 bits per heavy atom. The summed E-state index contributed by atoms with van der Waals surface area (Å²) >= 11 is 0. The standard InChI is InChI=1S/C23H29N5O2/c1-15(2)21-14-22(25-18-5-6-20-19(13-18)16(3)17(4)24-20)27-23(26-21)30-12-9-28-7-10-29-11-8-28/h5-6,13-14,24H,1,7-12H2,2-4H3,(H,25,26,27). The van der Waals surface area contributed by atoms with Crippen molar-refractivity contribution in [2.75, 3.05) is 44.8 Å². The minimum Gasteiger partial charge on any atom is -0.462 e.